The van der Waals surface area contributed by atoms with Crippen LogP contribution in [-0.4, -0.2) is 127 Å². The number of imidazole rings is 1. The molecule has 1 aliphatic carbocycles. The summed E-state index contributed by atoms with van der Waals surface area (Å²) >= 11 is 0. The predicted molar refractivity (Wildman–Crippen MR) is 220 cm³/mol. The van der Waals surface area contributed by atoms with E-state index in [2.05, 4.69) is 15.3 Å². The number of halogens is 3. The second-order valence-corrected chi connectivity index (χ2v) is 17.0. The van der Waals surface area contributed by atoms with E-state index < -0.39 is 29.6 Å². The largest absolute Gasteiger partial charge is 0.378 e. The maximum Gasteiger partial charge on any atom is 0.245 e. The first-order valence-electron chi connectivity index (χ1n) is 20.7. The fraction of sp³-hybridized carbons (Fsp3) is 0.419. The van der Waals surface area contributed by atoms with E-state index in [0.717, 1.165) is 30.8 Å². The number of amides is 2. The minimum atomic E-state index is -0.811. The normalized spacial score (nSPS) is 23.9. The lowest BCUT2D eigenvalue weighted by Crippen LogP contribution is -2.70. The third kappa shape index (κ3) is 6.32. The number of pyridine rings is 1. The number of benzene rings is 2. The molecular weight excluding hydrogens is 790 g/mol. The van der Waals surface area contributed by atoms with Crippen LogP contribution in [0, 0.1) is 30.3 Å². The van der Waals surface area contributed by atoms with Gasteiger partial charge in [0.2, 0.25) is 17.8 Å². The maximum absolute atomic E-state index is 15.5. The molecule has 2 unspecified atom stereocenters. The molecule has 5 fully saturated rings. The quantitative estimate of drug-likeness (QED) is 0.259. The molecule has 5 aliphatic heterocycles. The van der Waals surface area contributed by atoms with Crippen molar-refractivity contribution in [3.63, 3.8) is 0 Å². The minimum Gasteiger partial charge on any atom is -0.378 e. The number of nitrogens with one attached hydrogen (secondary N) is 1. The molecule has 4 saturated heterocycles. The summed E-state index contributed by atoms with van der Waals surface area (Å²) in [4.78, 5) is 55.6. The molecule has 2 aromatic carbocycles. The molecule has 15 nitrogen and oxygen atoms in total. The number of aromatic nitrogens is 7. The van der Waals surface area contributed by atoms with Crippen molar-refractivity contribution in [2.75, 3.05) is 55.5 Å². The number of carbonyl (C=O) groups excluding carboxylic acids is 2. The van der Waals surface area contributed by atoms with Gasteiger partial charge >= 0.3 is 0 Å². The lowest BCUT2D eigenvalue weighted by atomic mass is 9.87. The van der Waals surface area contributed by atoms with Crippen LogP contribution in [-0.2, 0) is 20.9 Å². The van der Waals surface area contributed by atoms with Gasteiger partial charge in [-0.15, -0.1) is 0 Å². The topological polar surface area (TPSA) is 143 Å². The van der Waals surface area contributed by atoms with Crippen molar-refractivity contribution in [2.24, 2.45) is 5.92 Å². The molecule has 6 aliphatic rings. The number of nitrogens with zero attached hydrogens (tertiary/aromatic N) is 11. The number of anilines is 3. The summed E-state index contributed by atoms with van der Waals surface area (Å²) in [5.41, 5.74) is 2.66. The number of aryl methyl sites for hydroxylation is 1. The van der Waals surface area contributed by atoms with Crippen LogP contribution in [0.1, 0.15) is 31.5 Å². The van der Waals surface area contributed by atoms with E-state index in [1.807, 2.05) is 39.5 Å². The Morgan fingerprint density at radius 2 is 1.72 bits per heavy atom. The van der Waals surface area contributed by atoms with Crippen molar-refractivity contribution < 1.29 is 27.5 Å². The molecule has 0 radical (unpaired) electrons. The van der Waals surface area contributed by atoms with Crippen LogP contribution < -0.4 is 15.1 Å². The molecule has 5 atom stereocenters. The van der Waals surface area contributed by atoms with E-state index in [1.54, 1.807) is 25.3 Å². The van der Waals surface area contributed by atoms with Gasteiger partial charge in [-0.05, 0) is 62.9 Å². The Kier molecular flexibility index (Phi) is 8.73. The Bertz CT molecular complexity index is 2760. The first-order chi connectivity index (χ1) is 29.5. The van der Waals surface area contributed by atoms with Crippen LogP contribution in [0.15, 0.2) is 54.7 Å². The van der Waals surface area contributed by atoms with E-state index in [9.17, 15) is 14.0 Å². The Balaban J connectivity index is 1.02. The molecule has 1 saturated carbocycles. The molecule has 1 N–H and O–H groups in total. The number of hydrogen-bond donors (Lipinski definition) is 1. The number of piperazine rings is 1. The molecule has 6 aromatic rings. The summed E-state index contributed by atoms with van der Waals surface area (Å²) in [6.07, 6.45) is 4.18. The Morgan fingerprint density at radius 3 is 2.49 bits per heavy atom. The van der Waals surface area contributed by atoms with Crippen LogP contribution >= 0.6 is 0 Å². The highest BCUT2D eigenvalue weighted by Crippen LogP contribution is 2.42. The van der Waals surface area contributed by atoms with E-state index in [-0.39, 0.29) is 48.1 Å². The van der Waals surface area contributed by atoms with Gasteiger partial charge in [0.15, 0.2) is 11.5 Å². The van der Waals surface area contributed by atoms with Crippen molar-refractivity contribution in [2.45, 2.75) is 69.4 Å². The number of piperidine rings is 1. The lowest BCUT2D eigenvalue weighted by molar-refractivity contribution is -0.135. The zero-order valence-corrected chi connectivity index (χ0v) is 33.8. The van der Waals surface area contributed by atoms with E-state index in [0.29, 0.717) is 83.8 Å². The number of likely N-dealkylation sites (N-methyl/N-ethyl adjacent to an activating group) is 1. The highest BCUT2D eigenvalue weighted by atomic mass is 19.1. The van der Waals surface area contributed by atoms with Crippen LogP contribution in [0.2, 0.25) is 0 Å². The molecule has 12 rings (SSSR count). The van der Waals surface area contributed by atoms with Gasteiger partial charge < -0.3 is 34.2 Å². The van der Waals surface area contributed by atoms with Crippen LogP contribution in [0.4, 0.5) is 30.8 Å². The summed E-state index contributed by atoms with van der Waals surface area (Å²) in [5.74, 6) is 0.204. The molecule has 4 aromatic heterocycles. The number of rotatable bonds is 5. The minimum absolute atomic E-state index is 0.00944. The highest BCUT2D eigenvalue weighted by Gasteiger charge is 2.50. The number of ether oxygens (including phenoxy) is 1. The van der Waals surface area contributed by atoms with Crippen LogP contribution in [0.5, 0.6) is 0 Å². The average Bonchev–Trinajstić information content (AvgIpc) is 3.77. The van der Waals surface area contributed by atoms with Gasteiger partial charge in [-0.3, -0.25) is 9.59 Å². The van der Waals surface area contributed by atoms with E-state index >= 15 is 8.78 Å². The van der Waals surface area contributed by atoms with Gasteiger partial charge in [-0.25, -0.2) is 27.8 Å². The fourth-order valence-corrected chi connectivity index (χ4v) is 9.86. The van der Waals surface area contributed by atoms with Gasteiger partial charge in [0.05, 0.1) is 53.0 Å². The second-order valence-electron chi connectivity index (χ2n) is 17.0. The third-order valence-corrected chi connectivity index (χ3v) is 13.0. The lowest BCUT2D eigenvalue weighted by Gasteiger charge is -2.56. The fourth-order valence-electron chi connectivity index (χ4n) is 9.86. The summed E-state index contributed by atoms with van der Waals surface area (Å²) in [6.45, 7) is 3.84. The van der Waals surface area contributed by atoms with Crippen molar-refractivity contribution in [1.29, 1.82) is 0 Å². The van der Waals surface area contributed by atoms with Gasteiger partial charge in [-0.1, -0.05) is 6.07 Å². The summed E-state index contributed by atoms with van der Waals surface area (Å²) < 4.78 is 54.1. The number of fused-ring (bicyclic) bond motifs is 8. The standard InChI is InChI=1S/C43H43F3N12O3/c1-22-48-34-13-25(45)11-30-33-5-4-6-37(50-33)49-26-14-36(42(60)53(2)20-29(61-3)21-55(22)38(30)34)56(17-26)39-31-16-47-58(35-10-9-24(44)12-32(35)46)40(31)52-43(51-39)57-27-15-28(57)19-54(18-27)41(59)23-7-8-23/h4-6,9-13,16,23,26-29,36H,7-8,14-15,17-21H2,1-3H3,(H,49,50)/t26-,27?,28?,29-,36-/m0/s1. The number of hydrogen-bond acceptors (Lipinski definition) is 11. The Hall–Kier alpha value is -6.30. The molecular formula is C43H43F3N12O3. The van der Waals surface area contributed by atoms with Crippen LogP contribution in [0.3, 0.4) is 0 Å². The van der Waals surface area contributed by atoms with Gasteiger partial charge in [0.1, 0.15) is 40.8 Å². The number of methoxy groups -OCH3 is 1. The predicted octanol–water partition coefficient (Wildman–Crippen LogP) is 4.70. The van der Waals surface area contributed by atoms with Crippen molar-refractivity contribution in [3.05, 3.63) is 78.0 Å². The maximum atomic E-state index is 15.5. The molecule has 61 heavy (non-hydrogen) atoms. The van der Waals surface area contributed by atoms with Crippen molar-refractivity contribution >= 4 is 51.5 Å². The summed E-state index contributed by atoms with van der Waals surface area (Å²) in [5, 5.41) is 8.61. The van der Waals surface area contributed by atoms with Crippen molar-refractivity contribution in [1.82, 2.24) is 44.1 Å². The third-order valence-electron chi connectivity index (χ3n) is 13.0. The molecule has 18 heteroatoms. The van der Waals surface area contributed by atoms with Gasteiger partial charge in [0.25, 0.3) is 0 Å². The molecule has 0 spiro atoms. The SMILES string of the molecule is CO[C@H]1CN(C)C(=O)[C@@H]2C[C@@H](CN2c2nc(N3C4CC3CN(C(=O)C3CC3)C4)nc3c2cnn3-c2ccc(F)cc2F)Nc2cccc(n2)-c2cc(F)cc3nc(C)n(c23)C1. The zero-order valence-electron chi connectivity index (χ0n) is 33.8. The second kappa shape index (κ2) is 14.1. The summed E-state index contributed by atoms with van der Waals surface area (Å²) in [7, 11) is 3.36. The molecule has 9 heterocycles. The van der Waals surface area contributed by atoms with E-state index in [1.165, 1.54) is 28.9 Å². The molecule has 314 valence electrons. The van der Waals surface area contributed by atoms with Crippen LogP contribution in [0.25, 0.3) is 39.0 Å². The number of carbonyl (C=O) groups is 2. The zero-order chi connectivity index (χ0) is 41.8. The first-order valence-corrected chi connectivity index (χ1v) is 20.7. The van der Waals surface area contributed by atoms with Gasteiger partial charge in [-0.2, -0.15) is 15.1 Å². The smallest absolute Gasteiger partial charge is 0.245 e. The van der Waals surface area contributed by atoms with Gasteiger partial charge in [0, 0.05) is 70.0 Å². The summed E-state index contributed by atoms with van der Waals surface area (Å²) in [6, 6.07) is 10.6. The monoisotopic (exact) mass is 832 g/mol. The van der Waals surface area contributed by atoms with Crippen molar-refractivity contribution in [3.8, 4) is 16.9 Å². The Labute approximate surface area is 348 Å². The first kappa shape index (κ1) is 37.7. The Morgan fingerprint density at radius 1 is 0.902 bits per heavy atom. The molecule has 2 amide bonds. The highest BCUT2D eigenvalue weighted by molar-refractivity contribution is 5.94. The van der Waals surface area contributed by atoms with E-state index in [4.69, 9.17) is 24.7 Å². The molecule has 6 bridgehead atoms. The average molecular weight is 833 g/mol.